The minimum Gasteiger partial charge on any atom is -0.381 e. The molecule has 0 bridgehead atoms. The molecule has 3 rings (SSSR count). The third kappa shape index (κ3) is 6.45. The SMILES string of the molecule is COC1(CNc2cc([N+](=O)[O-])c(C)cc2S(=O)(=O)N[C@@H](C)CN2CCCC2)CCCS(=O)(=O)C1. The molecule has 0 spiro atoms. The average molecular weight is 519 g/mol. The zero-order valence-corrected chi connectivity index (χ0v) is 21.5. The van der Waals surface area contributed by atoms with Gasteiger partial charge >= 0.3 is 0 Å². The third-order valence-corrected chi connectivity index (χ3v) is 9.98. The molecule has 0 aliphatic carbocycles. The van der Waals surface area contributed by atoms with Gasteiger partial charge in [0.05, 0.1) is 27.7 Å². The summed E-state index contributed by atoms with van der Waals surface area (Å²) in [5.74, 6) is -0.128. The van der Waals surface area contributed by atoms with Crippen LogP contribution in [0.25, 0.3) is 0 Å². The van der Waals surface area contributed by atoms with Gasteiger partial charge in [0.2, 0.25) is 10.0 Å². The monoisotopic (exact) mass is 518 g/mol. The summed E-state index contributed by atoms with van der Waals surface area (Å²) in [6.07, 6.45) is 3.07. The molecule has 2 aliphatic rings. The van der Waals surface area contributed by atoms with Crippen molar-refractivity contribution in [2.45, 2.75) is 56.1 Å². The molecule has 2 aliphatic heterocycles. The van der Waals surface area contributed by atoms with E-state index in [4.69, 9.17) is 4.74 Å². The Morgan fingerprint density at radius 3 is 2.53 bits per heavy atom. The van der Waals surface area contributed by atoms with E-state index >= 15 is 0 Å². The van der Waals surface area contributed by atoms with E-state index in [0.29, 0.717) is 19.4 Å². The lowest BCUT2D eigenvalue weighted by Gasteiger charge is -2.36. The number of aryl methyl sites for hydroxylation is 1. The predicted octanol–water partition coefficient (Wildman–Crippen LogP) is 1.67. The topological polar surface area (TPSA) is 148 Å². The Morgan fingerprint density at radius 2 is 1.94 bits per heavy atom. The second-order valence-electron chi connectivity index (χ2n) is 9.36. The van der Waals surface area contributed by atoms with Crippen LogP contribution in [0.1, 0.15) is 38.2 Å². The number of hydrogen-bond acceptors (Lipinski definition) is 9. The van der Waals surface area contributed by atoms with Crippen molar-refractivity contribution in [1.29, 1.82) is 0 Å². The van der Waals surface area contributed by atoms with Crippen LogP contribution in [0.3, 0.4) is 0 Å². The van der Waals surface area contributed by atoms with Gasteiger partial charge in [-0.05, 0) is 58.7 Å². The number of benzene rings is 1. The Bertz CT molecular complexity index is 1120. The normalized spacial score (nSPS) is 24.1. The summed E-state index contributed by atoms with van der Waals surface area (Å²) < 4.78 is 59.3. The quantitative estimate of drug-likeness (QED) is 0.348. The summed E-state index contributed by atoms with van der Waals surface area (Å²) in [7, 11) is -5.91. The number of rotatable bonds is 10. The number of nitro groups is 1. The Kier molecular flexibility index (Phi) is 8.23. The summed E-state index contributed by atoms with van der Waals surface area (Å²) >= 11 is 0. The van der Waals surface area contributed by atoms with Crippen LogP contribution in [-0.2, 0) is 24.6 Å². The molecule has 0 aromatic heterocycles. The second kappa shape index (κ2) is 10.4. The number of nitrogens with one attached hydrogen (secondary N) is 2. The number of ether oxygens (including phenoxy) is 1. The molecule has 2 heterocycles. The van der Waals surface area contributed by atoms with Crippen molar-refractivity contribution in [3.63, 3.8) is 0 Å². The van der Waals surface area contributed by atoms with Crippen molar-refractivity contribution in [3.05, 3.63) is 27.8 Å². The van der Waals surface area contributed by atoms with Gasteiger partial charge in [-0.25, -0.2) is 21.6 Å². The van der Waals surface area contributed by atoms with Crippen LogP contribution in [-0.4, -0.2) is 83.1 Å². The first-order valence-electron chi connectivity index (χ1n) is 11.4. The maximum atomic E-state index is 13.3. The summed E-state index contributed by atoms with van der Waals surface area (Å²) in [5, 5.41) is 14.5. The van der Waals surface area contributed by atoms with Crippen molar-refractivity contribution >= 4 is 31.2 Å². The van der Waals surface area contributed by atoms with Crippen LogP contribution in [0.2, 0.25) is 0 Å². The Labute approximate surface area is 201 Å². The van der Waals surface area contributed by atoms with Gasteiger partial charge in [0.25, 0.3) is 5.69 Å². The summed E-state index contributed by atoms with van der Waals surface area (Å²) in [5.41, 5.74) is -1.02. The number of anilines is 1. The number of sulfonamides is 1. The highest BCUT2D eigenvalue weighted by atomic mass is 32.2. The molecule has 0 saturated carbocycles. The van der Waals surface area contributed by atoms with E-state index in [1.165, 1.54) is 26.2 Å². The molecule has 34 heavy (non-hydrogen) atoms. The van der Waals surface area contributed by atoms with Crippen molar-refractivity contribution in [3.8, 4) is 0 Å². The molecule has 2 fully saturated rings. The molecule has 0 radical (unpaired) electrons. The molecule has 1 unspecified atom stereocenters. The first-order valence-corrected chi connectivity index (χ1v) is 14.7. The van der Waals surface area contributed by atoms with Gasteiger partial charge in [-0.15, -0.1) is 0 Å². The summed E-state index contributed by atoms with van der Waals surface area (Å²) in [6, 6.07) is 2.11. The minimum atomic E-state index is -4.02. The van der Waals surface area contributed by atoms with Crippen molar-refractivity contribution in [1.82, 2.24) is 9.62 Å². The fourth-order valence-corrected chi connectivity index (χ4v) is 8.11. The zero-order valence-electron chi connectivity index (χ0n) is 19.9. The maximum Gasteiger partial charge on any atom is 0.274 e. The lowest BCUT2D eigenvalue weighted by molar-refractivity contribution is -0.385. The van der Waals surface area contributed by atoms with Crippen LogP contribution in [0.15, 0.2) is 17.0 Å². The van der Waals surface area contributed by atoms with Crippen molar-refractivity contribution in [2.75, 3.05) is 50.1 Å². The van der Waals surface area contributed by atoms with Gasteiger partial charge in [-0.1, -0.05) is 0 Å². The number of nitro benzene ring substituents is 1. The number of sulfone groups is 1. The van der Waals surface area contributed by atoms with Crippen LogP contribution in [0.4, 0.5) is 11.4 Å². The Morgan fingerprint density at radius 1 is 1.26 bits per heavy atom. The molecule has 13 heteroatoms. The molecule has 0 amide bonds. The molecule has 2 atom stereocenters. The molecule has 2 N–H and O–H groups in total. The largest absolute Gasteiger partial charge is 0.381 e. The smallest absolute Gasteiger partial charge is 0.274 e. The van der Waals surface area contributed by atoms with E-state index in [2.05, 4.69) is 14.9 Å². The van der Waals surface area contributed by atoms with E-state index < -0.39 is 30.4 Å². The standard InChI is InChI=1S/C21H34N4O7S2/c1-16-11-20(34(30,31)23-17(2)13-24-8-4-5-9-24)18(12-19(16)25(26)27)22-14-21(32-3)7-6-10-33(28,29)15-21/h11-12,17,22-23H,4-10,13-15H2,1-3H3/t17-,21?/m0/s1. The Balaban J connectivity index is 1.89. The number of methoxy groups -OCH3 is 1. The highest BCUT2D eigenvalue weighted by Gasteiger charge is 2.39. The molecule has 1 aromatic carbocycles. The fraction of sp³-hybridized carbons (Fsp3) is 0.714. The zero-order chi connectivity index (χ0) is 25.1. The van der Waals surface area contributed by atoms with E-state index in [0.717, 1.165) is 25.9 Å². The van der Waals surface area contributed by atoms with Gasteiger partial charge in [0, 0.05) is 37.9 Å². The van der Waals surface area contributed by atoms with Gasteiger partial charge in [0.15, 0.2) is 9.84 Å². The molecular weight excluding hydrogens is 484 g/mol. The number of likely N-dealkylation sites (tertiary alicyclic amines) is 1. The van der Waals surface area contributed by atoms with E-state index in [9.17, 15) is 26.9 Å². The molecule has 1 aromatic rings. The molecule has 192 valence electrons. The van der Waals surface area contributed by atoms with Crippen LogP contribution in [0, 0.1) is 17.0 Å². The van der Waals surface area contributed by atoms with Crippen LogP contribution >= 0.6 is 0 Å². The number of hydrogen-bond donors (Lipinski definition) is 2. The summed E-state index contributed by atoms with van der Waals surface area (Å²) in [6.45, 7) is 5.69. The lowest BCUT2D eigenvalue weighted by Crippen LogP contribution is -2.49. The molecule has 11 nitrogen and oxygen atoms in total. The van der Waals surface area contributed by atoms with E-state index in [1.807, 2.05) is 0 Å². The number of nitrogens with zero attached hydrogens (tertiary/aromatic N) is 2. The summed E-state index contributed by atoms with van der Waals surface area (Å²) in [4.78, 5) is 13.0. The first-order chi connectivity index (χ1) is 15.9. The van der Waals surface area contributed by atoms with E-state index in [-0.39, 0.29) is 45.9 Å². The fourth-order valence-electron chi connectivity index (χ4n) is 4.73. The van der Waals surface area contributed by atoms with Crippen molar-refractivity contribution in [2.24, 2.45) is 0 Å². The second-order valence-corrected chi connectivity index (χ2v) is 13.2. The van der Waals surface area contributed by atoms with Crippen LogP contribution < -0.4 is 10.0 Å². The lowest BCUT2D eigenvalue weighted by atomic mass is 9.99. The Hall–Kier alpha value is -1.80. The van der Waals surface area contributed by atoms with Crippen LogP contribution in [0.5, 0.6) is 0 Å². The van der Waals surface area contributed by atoms with Gasteiger partial charge in [-0.2, -0.15) is 0 Å². The van der Waals surface area contributed by atoms with Gasteiger partial charge < -0.3 is 15.0 Å². The third-order valence-electron chi connectivity index (χ3n) is 6.48. The highest BCUT2D eigenvalue weighted by Crippen LogP contribution is 2.32. The predicted molar refractivity (Wildman–Crippen MR) is 129 cm³/mol. The van der Waals surface area contributed by atoms with Crippen molar-refractivity contribution < 1.29 is 26.5 Å². The van der Waals surface area contributed by atoms with Gasteiger partial charge in [-0.3, -0.25) is 10.1 Å². The minimum absolute atomic E-state index is 0.00516. The maximum absolute atomic E-state index is 13.3. The van der Waals surface area contributed by atoms with Gasteiger partial charge in [0.1, 0.15) is 4.90 Å². The first kappa shape index (κ1) is 26.8. The molecular formula is C21H34N4O7S2. The average Bonchev–Trinajstić information content (AvgIpc) is 3.24. The molecule has 2 saturated heterocycles. The van der Waals surface area contributed by atoms with E-state index in [1.54, 1.807) is 6.92 Å². The highest BCUT2D eigenvalue weighted by molar-refractivity contribution is 7.91.